The molecule has 0 saturated heterocycles. The van der Waals surface area contributed by atoms with E-state index in [4.69, 9.17) is 11.6 Å². The molecule has 0 bridgehead atoms. The van der Waals surface area contributed by atoms with E-state index in [0.29, 0.717) is 0 Å². The van der Waals surface area contributed by atoms with Crippen LogP contribution < -0.4 is 5.32 Å². The van der Waals surface area contributed by atoms with Crippen molar-refractivity contribution in [2.75, 3.05) is 19.5 Å². The normalized spacial score (nSPS) is 10.2. The molecule has 0 spiro atoms. The van der Waals surface area contributed by atoms with Gasteiger partial charge in [0, 0.05) is 0 Å². The lowest BCUT2D eigenvalue weighted by Crippen LogP contribution is -2.31. The third-order valence-corrected chi connectivity index (χ3v) is 1.02. The number of alkyl halides is 3. The van der Waals surface area contributed by atoms with E-state index < -0.39 is 11.8 Å². The standard InChI is InChI=1S/C4H8ClF2N.C2H6/c1-8-3-4(6,7)2-5;1-2/h8H,2-3H2,1H3;1-2H3. The van der Waals surface area contributed by atoms with Gasteiger partial charge in [0.1, 0.15) is 0 Å². The summed E-state index contributed by atoms with van der Waals surface area (Å²) in [6.45, 7) is 3.65. The summed E-state index contributed by atoms with van der Waals surface area (Å²) in [4.78, 5) is 0. The lowest BCUT2D eigenvalue weighted by molar-refractivity contribution is 0.0286. The molecule has 0 saturated carbocycles. The van der Waals surface area contributed by atoms with Crippen molar-refractivity contribution in [2.45, 2.75) is 19.8 Å². The summed E-state index contributed by atoms with van der Waals surface area (Å²) in [6.07, 6.45) is 0. The van der Waals surface area contributed by atoms with Crippen molar-refractivity contribution in [3.63, 3.8) is 0 Å². The average molecular weight is 174 g/mol. The van der Waals surface area contributed by atoms with Crippen LogP contribution in [0, 0.1) is 0 Å². The van der Waals surface area contributed by atoms with Crippen LogP contribution in [-0.4, -0.2) is 25.4 Å². The molecule has 0 atom stereocenters. The van der Waals surface area contributed by atoms with Crippen LogP contribution in [0.15, 0.2) is 0 Å². The molecule has 4 heteroatoms. The molecular weight excluding hydrogens is 160 g/mol. The highest BCUT2D eigenvalue weighted by Gasteiger charge is 2.25. The van der Waals surface area contributed by atoms with E-state index in [1.54, 1.807) is 0 Å². The third-order valence-electron chi connectivity index (χ3n) is 0.631. The van der Waals surface area contributed by atoms with Crippen LogP contribution in [-0.2, 0) is 0 Å². The fraction of sp³-hybridized carbons (Fsp3) is 1.00. The van der Waals surface area contributed by atoms with E-state index in [0.717, 1.165) is 0 Å². The van der Waals surface area contributed by atoms with Crippen molar-refractivity contribution in [3.05, 3.63) is 0 Å². The maximum Gasteiger partial charge on any atom is 0.273 e. The molecule has 0 rings (SSSR count). The Morgan fingerprint density at radius 3 is 1.90 bits per heavy atom. The molecule has 0 aliphatic rings. The topological polar surface area (TPSA) is 12.0 Å². The monoisotopic (exact) mass is 173 g/mol. The lowest BCUT2D eigenvalue weighted by atomic mass is 10.4. The first kappa shape index (κ1) is 12.8. The molecule has 64 valence electrons. The summed E-state index contributed by atoms with van der Waals surface area (Å²) in [7, 11) is 1.46. The third kappa shape index (κ3) is 8.11. The summed E-state index contributed by atoms with van der Waals surface area (Å²) in [6, 6.07) is 0. The van der Waals surface area contributed by atoms with Crippen LogP contribution in [0.2, 0.25) is 0 Å². The van der Waals surface area contributed by atoms with Crippen molar-refractivity contribution in [1.29, 1.82) is 0 Å². The van der Waals surface area contributed by atoms with E-state index in [1.165, 1.54) is 7.05 Å². The first-order chi connectivity index (χ1) is 4.62. The Kier molecular flexibility index (Phi) is 9.21. The molecule has 0 aromatic carbocycles. The molecule has 0 aromatic heterocycles. The Morgan fingerprint density at radius 1 is 1.40 bits per heavy atom. The largest absolute Gasteiger partial charge is 0.314 e. The van der Waals surface area contributed by atoms with Crippen molar-refractivity contribution in [2.24, 2.45) is 0 Å². The van der Waals surface area contributed by atoms with E-state index in [2.05, 4.69) is 5.32 Å². The minimum absolute atomic E-state index is 0.351. The molecule has 0 aliphatic heterocycles. The van der Waals surface area contributed by atoms with Crippen LogP contribution in [0.4, 0.5) is 8.78 Å². The zero-order valence-corrected chi connectivity index (χ0v) is 7.30. The Labute approximate surface area is 65.8 Å². The van der Waals surface area contributed by atoms with Gasteiger partial charge in [-0.1, -0.05) is 13.8 Å². The number of rotatable bonds is 3. The molecule has 1 N–H and O–H groups in total. The van der Waals surface area contributed by atoms with Gasteiger partial charge < -0.3 is 5.32 Å². The second kappa shape index (κ2) is 7.22. The first-order valence-electron chi connectivity index (χ1n) is 3.21. The molecule has 10 heavy (non-hydrogen) atoms. The molecule has 0 unspecified atom stereocenters. The second-order valence-corrected chi connectivity index (χ2v) is 1.79. The van der Waals surface area contributed by atoms with E-state index in [-0.39, 0.29) is 6.54 Å². The summed E-state index contributed by atoms with van der Waals surface area (Å²) < 4.78 is 23.9. The molecular formula is C6H14ClF2N. The van der Waals surface area contributed by atoms with Gasteiger partial charge >= 0.3 is 0 Å². The van der Waals surface area contributed by atoms with E-state index in [9.17, 15) is 8.78 Å². The fourth-order valence-electron chi connectivity index (χ4n) is 0.306. The van der Waals surface area contributed by atoms with Crippen molar-refractivity contribution < 1.29 is 8.78 Å². The van der Waals surface area contributed by atoms with Gasteiger partial charge in [0.25, 0.3) is 5.92 Å². The maximum absolute atomic E-state index is 12.0. The van der Waals surface area contributed by atoms with E-state index >= 15 is 0 Å². The lowest BCUT2D eigenvalue weighted by Gasteiger charge is -2.10. The van der Waals surface area contributed by atoms with Gasteiger partial charge in [-0.2, -0.15) is 0 Å². The summed E-state index contributed by atoms with van der Waals surface area (Å²) in [5, 5.41) is 2.32. The predicted octanol–water partition coefficient (Wildman–Crippen LogP) is 2.11. The van der Waals surface area contributed by atoms with Gasteiger partial charge in [-0.15, -0.1) is 11.6 Å². The number of hydrogen-bond donors (Lipinski definition) is 1. The molecule has 0 aromatic rings. The Morgan fingerprint density at radius 2 is 1.80 bits per heavy atom. The van der Waals surface area contributed by atoms with Gasteiger partial charge in [-0.25, -0.2) is 8.78 Å². The van der Waals surface area contributed by atoms with Crippen molar-refractivity contribution in [1.82, 2.24) is 5.32 Å². The minimum Gasteiger partial charge on any atom is -0.314 e. The zero-order chi connectivity index (χ0) is 8.62. The maximum atomic E-state index is 12.0. The molecule has 0 heterocycles. The molecule has 0 amide bonds. The van der Waals surface area contributed by atoms with Crippen LogP contribution in [0.5, 0.6) is 0 Å². The number of halogens is 3. The Hall–Kier alpha value is 0.110. The zero-order valence-electron chi connectivity index (χ0n) is 6.55. The predicted molar refractivity (Wildman–Crippen MR) is 40.9 cm³/mol. The highest BCUT2D eigenvalue weighted by Crippen LogP contribution is 2.12. The number of hydrogen-bond acceptors (Lipinski definition) is 1. The molecule has 0 fully saturated rings. The number of nitrogens with one attached hydrogen (secondary N) is 1. The summed E-state index contributed by atoms with van der Waals surface area (Å²) in [5.74, 6) is -3.37. The van der Waals surface area contributed by atoms with Gasteiger partial charge in [0.15, 0.2) is 0 Å². The van der Waals surface area contributed by atoms with E-state index in [1.807, 2.05) is 13.8 Å². The van der Waals surface area contributed by atoms with Crippen molar-refractivity contribution >= 4 is 11.6 Å². The van der Waals surface area contributed by atoms with Gasteiger partial charge in [0.2, 0.25) is 0 Å². The Bertz CT molecular complexity index is 68.8. The van der Waals surface area contributed by atoms with Crippen LogP contribution >= 0.6 is 11.6 Å². The average Bonchev–Trinajstić information content (AvgIpc) is 1.93. The summed E-state index contributed by atoms with van der Waals surface area (Å²) >= 11 is 4.88. The summed E-state index contributed by atoms with van der Waals surface area (Å²) in [5.41, 5.74) is 0. The van der Waals surface area contributed by atoms with Crippen molar-refractivity contribution in [3.8, 4) is 0 Å². The highest BCUT2D eigenvalue weighted by molar-refractivity contribution is 6.18. The fourth-order valence-corrected chi connectivity index (χ4v) is 0.400. The van der Waals surface area contributed by atoms with Crippen LogP contribution in [0.3, 0.4) is 0 Å². The second-order valence-electron chi connectivity index (χ2n) is 1.52. The quantitative estimate of drug-likeness (QED) is 0.645. The highest BCUT2D eigenvalue weighted by atomic mass is 35.5. The van der Waals surface area contributed by atoms with Crippen LogP contribution in [0.1, 0.15) is 13.8 Å². The SMILES string of the molecule is CC.CNCC(F)(F)CCl. The molecule has 1 nitrogen and oxygen atoms in total. The van der Waals surface area contributed by atoms with Gasteiger partial charge in [-0.3, -0.25) is 0 Å². The smallest absolute Gasteiger partial charge is 0.273 e. The van der Waals surface area contributed by atoms with Gasteiger partial charge in [0.05, 0.1) is 12.4 Å². The Balaban J connectivity index is 0. The van der Waals surface area contributed by atoms with Crippen LogP contribution in [0.25, 0.3) is 0 Å². The van der Waals surface area contributed by atoms with Gasteiger partial charge in [-0.05, 0) is 7.05 Å². The first-order valence-corrected chi connectivity index (χ1v) is 3.74. The minimum atomic E-state index is -2.75. The molecule has 0 radical (unpaired) electrons. The molecule has 0 aliphatic carbocycles.